The van der Waals surface area contributed by atoms with Crippen molar-refractivity contribution in [2.24, 2.45) is 11.3 Å². The predicted octanol–water partition coefficient (Wildman–Crippen LogP) is 4.08. The SMILES string of the molecule is C=C1C2=C[C@H](O)[C@@H](C)[C@]2(C)CC([Si](C)(C)C)=C1C. The molecule has 18 heavy (non-hydrogen) atoms. The summed E-state index contributed by atoms with van der Waals surface area (Å²) >= 11 is 0. The zero-order valence-electron chi connectivity index (χ0n) is 12.6. The van der Waals surface area contributed by atoms with Crippen LogP contribution in [0.5, 0.6) is 0 Å². The summed E-state index contributed by atoms with van der Waals surface area (Å²) in [7, 11) is -1.31. The minimum Gasteiger partial charge on any atom is -0.389 e. The second-order valence-corrected chi connectivity index (χ2v) is 12.4. The van der Waals surface area contributed by atoms with E-state index in [-0.39, 0.29) is 11.5 Å². The maximum Gasteiger partial charge on any atom is 0.0761 e. The van der Waals surface area contributed by atoms with Gasteiger partial charge in [-0.25, -0.2) is 0 Å². The Kier molecular flexibility index (Phi) is 3.03. The van der Waals surface area contributed by atoms with E-state index < -0.39 is 8.07 Å². The van der Waals surface area contributed by atoms with Gasteiger partial charge in [-0.1, -0.05) is 51.3 Å². The molecular weight excluding hydrogens is 236 g/mol. The first kappa shape index (κ1) is 13.8. The van der Waals surface area contributed by atoms with Crippen LogP contribution in [0.25, 0.3) is 0 Å². The van der Waals surface area contributed by atoms with Crippen LogP contribution in [-0.2, 0) is 0 Å². The van der Waals surface area contributed by atoms with Gasteiger partial charge < -0.3 is 5.11 Å². The second-order valence-electron chi connectivity index (χ2n) is 7.29. The van der Waals surface area contributed by atoms with Crippen LogP contribution in [0.2, 0.25) is 19.6 Å². The van der Waals surface area contributed by atoms with E-state index in [1.807, 2.05) is 6.08 Å². The van der Waals surface area contributed by atoms with Crippen LogP contribution in [-0.4, -0.2) is 19.3 Å². The average Bonchev–Trinajstić information content (AvgIpc) is 2.47. The molecule has 0 aliphatic heterocycles. The Hall–Kier alpha value is -0.603. The van der Waals surface area contributed by atoms with Crippen molar-refractivity contribution < 1.29 is 5.11 Å². The van der Waals surface area contributed by atoms with Crippen LogP contribution in [0.3, 0.4) is 0 Å². The van der Waals surface area contributed by atoms with Crippen molar-refractivity contribution in [3.8, 4) is 0 Å². The zero-order valence-corrected chi connectivity index (χ0v) is 13.6. The molecule has 0 spiro atoms. The molecule has 2 aliphatic rings. The number of fused-ring (bicyclic) bond motifs is 1. The molecule has 0 unspecified atom stereocenters. The molecule has 100 valence electrons. The minimum atomic E-state index is -1.31. The summed E-state index contributed by atoms with van der Waals surface area (Å²) in [5.74, 6) is 0.295. The van der Waals surface area contributed by atoms with E-state index in [1.54, 1.807) is 5.20 Å². The second kappa shape index (κ2) is 3.94. The van der Waals surface area contributed by atoms with Gasteiger partial charge in [-0.05, 0) is 36.0 Å². The van der Waals surface area contributed by atoms with E-state index in [4.69, 9.17) is 0 Å². The quantitative estimate of drug-likeness (QED) is 0.706. The van der Waals surface area contributed by atoms with E-state index in [2.05, 4.69) is 47.0 Å². The molecule has 2 aliphatic carbocycles. The van der Waals surface area contributed by atoms with Crippen molar-refractivity contribution in [1.29, 1.82) is 0 Å². The van der Waals surface area contributed by atoms with E-state index in [1.165, 1.54) is 16.7 Å². The highest BCUT2D eigenvalue weighted by Crippen LogP contribution is 2.56. The Labute approximate surface area is 112 Å². The van der Waals surface area contributed by atoms with Crippen LogP contribution in [0.15, 0.2) is 34.6 Å². The highest BCUT2D eigenvalue weighted by molar-refractivity contribution is 6.83. The van der Waals surface area contributed by atoms with Gasteiger partial charge in [-0.15, -0.1) is 0 Å². The highest BCUT2D eigenvalue weighted by atomic mass is 28.3. The van der Waals surface area contributed by atoms with Crippen molar-refractivity contribution in [3.63, 3.8) is 0 Å². The number of aliphatic hydroxyl groups excluding tert-OH is 1. The molecule has 0 radical (unpaired) electrons. The van der Waals surface area contributed by atoms with Gasteiger partial charge in [0.05, 0.1) is 14.2 Å². The summed E-state index contributed by atoms with van der Waals surface area (Å²) in [6, 6.07) is 0. The zero-order chi connectivity index (χ0) is 13.9. The molecule has 0 aromatic rings. The first-order valence-electron chi connectivity index (χ1n) is 6.89. The maximum absolute atomic E-state index is 10.2. The summed E-state index contributed by atoms with van der Waals surface area (Å²) in [6.07, 6.45) is 2.84. The fraction of sp³-hybridized carbons (Fsp3) is 0.625. The molecule has 0 heterocycles. The molecule has 0 aromatic carbocycles. The Morgan fingerprint density at radius 1 is 1.39 bits per heavy atom. The van der Waals surface area contributed by atoms with Crippen LogP contribution in [0.1, 0.15) is 27.2 Å². The van der Waals surface area contributed by atoms with Crippen LogP contribution >= 0.6 is 0 Å². The van der Waals surface area contributed by atoms with Gasteiger partial charge in [0.1, 0.15) is 0 Å². The topological polar surface area (TPSA) is 20.2 Å². The van der Waals surface area contributed by atoms with Crippen LogP contribution in [0, 0.1) is 11.3 Å². The number of hydrogen-bond donors (Lipinski definition) is 1. The molecule has 0 saturated carbocycles. The monoisotopic (exact) mass is 262 g/mol. The molecule has 0 saturated heterocycles. The minimum absolute atomic E-state index is 0.0889. The van der Waals surface area contributed by atoms with E-state index >= 15 is 0 Å². The lowest BCUT2D eigenvalue weighted by molar-refractivity contribution is 0.113. The molecule has 3 atom stereocenters. The Morgan fingerprint density at radius 2 is 1.94 bits per heavy atom. The molecule has 0 bridgehead atoms. The summed E-state index contributed by atoms with van der Waals surface area (Å²) in [5, 5.41) is 11.8. The smallest absolute Gasteiger partial charge is 0.0761 e. The normalized spacial score (nSPS) is 36.8. The first-order valence-corrected chi connectivity index (χ1v) is 10.4. The molecule has 0 fully saturated rings. The van der Waals surface area contributed by atoms with Crippen LogP contribution in [0.4, 0.5) is 0 Å². The van der Waals surface area contributed by atoms with Gasteiger partial charge >= 0.3 is 0 Å². The number of hydrogen-bond acceptors (Lipinski definition) is 1. The fourth-order valence-electron chi connectivity index (χ4n) is 3.54. The Bertz CT molecular complexity index is 464. The highest BCUT2D eigenvalue weighted by Gasteiger charge is 2.48. The summed E-state index contributed by atoms with van der Waals surface area (Å²) < 4.78 is 0. The molecule has 1 nitrogen and oxygen atoms in total. The lowest BCUT2D eigenvalue weighted by Gasteiger charge is -2.43. The molecule has 2 heteroatoms. The predicted molar refractivity (Wildman–Crippen MR) is 81.2 cm³/mol. The summed E-state index contributed by atoms with van der Waals surface area (Å²) in [5.41, 5.74) is 3.94. The van der Waals surface area contributed by atoms with Crippen molar-refractivity contribution in [1.82, 2.24) is 0 Å². The fourth-order valence-corrected chi connectivity index (χ4v) is 5.71. The van der Waals surface area contributed by atoms with Crippen molar-refractivity contribution in [3.05, 3.63) is 34.6 Å². The van der Waals surface area contributed by atoms with E-state index in [0.29, 0.717) is 5.92 Å². The lowest BCUT2D eigenvalue weighted by atomic mass is 9.67. The Balaban J connectivity index is 2.56. The number of rotatable bonds is 1. The van der Waals surface area contributed by atoms with Crippen molar-refractivity contribution >= 4 is 8.07 Å². The largest absolute Gasteiger partial charge is 0.389 e. The van der Waals surface area contributed by atoms with Gasteiger partial charge in [0.25, 0.3) is 0 Å². The third-order valence-electron chi connectivity index (χ3n) is 5.15. The van der Waals surface area contributed by atoms with Crippen molar-refractivity contribution in [2.45, 2.75) is 52.9 Å². The number of aliphatic hydroxyl groups is 1. The summed E-state index contributed by atoms with van der Waals surface area (Å²) in [6.45, 7) is 18.2. The standard InChI is InChI=1S/C16H26OSi/c1-10-11(2)15(18(5,6)7)9-16(4)12(3)14(17)8-13(10)16/h8,12,14,17H,1,9H2,2-7H3/t12-,14+,16+/m1/s1. The number of allylic oxidation sites excluding steroid dienone is 4. The van der Waals surface area contributed by atoms with Gasteiger partial charge in [0, 0.05) is 5.41 Å². The summed E-state index contributed by atoms with van der Waals surface area (Å²) in [4.78, 5) is 0. The van der Waals surface area contributed by atoms with E-state index in [9.17, 15) is 5.11 Å². The third kappa shape index (κ3) is 1.78. The molecule has 2 rings (SSSR count). The molecule has 0 aromatic heterocycles. The van der Waals surface area contributed by atoms with Gasteiger partial charge in [0.15, 0.2) is 0 Å². The van der Waals surface area contributed by atoms with E-state index in [0.717, 1.165) is 6.42 Å². The van der Waals surface area contributed by atoms with Gasteiger partial charge in [-0.2, -0.15) is 0 Å². The maximum atomic E-state index is 10.2. The third-order valence-corrected chi connectivity index (χ3v) is 7.51. The molecule has 1 N–H and O–H groups in total. The Morgan fingerprint density at radius 3 is 2.44 bits per heavy atom. The van der Waals surface area contributed by atoms with Crippen LogP contribution < -0.4 is 0 Å². The van der Waals surface area contributed by atoms with Gasteiger partial charge in [0.2, 0.25) is 0 Å². The molecular formula is C16H26OSi. The molecule has 0 amide bonds. The van der Waals surface area contributed by atoms with Gasteiger partial charge in [-0.3, -0.25) is 0 Å². The van der Waals surface area contributed by atoms with Crippen molar-refractivity contribution in [2.75, 3.05) is 0 Å². The average molecular weight is 262 g/mol. The first-order chi connectivity index (χ1) is 8.09. The lowest BCUT2D eigenvalue weighted by Crippen LogP contribution is -2.38.